The minimum absolute atomic E-state index is 0.474. The van der Waals surface area contributed by atoms with Gasteiger partial charge in [-0.3, -0.25) is 0 Å². The Kier molecular flexibility index (Phi) is 3.09. The molecule has 0 unspecified atom stereocenters. The van der Waals surface area contributed by atoms with Crippen molar-refractivity contribution in [1.29, 1.82) is 0 Å². The highest BCUT2D eigenvalue weighted by Gasteiger charge is 2.05. The van der Waals surface area contributed by atoms with Crippen molar-refractivity contribution in [3.05, 3.63) is 53.0 Å². The van der Waals surface area contributed by atoms with E-state index in [0.717, 1.165) is 16.3 Å². The lowest BCUT2D eigenvalue weighted by Gasteiger charge is -2.03. The molecule has 0 atom stereocenters. The zero-order chi connectivity index (χ0) is 13.2. The van der Waals surface area contributed by atoms with Crippen LogP contribution in [0, 0.1) is 6.92 Å². The van der Waals surface area contributed by atoms with Gasteiger partial charge >= 0.3 is 0 Å². The fourth-order valence-corrected chi connectivity index (χ4v) is 2.76. The van der Waals surface area contributed by atoms with E-state index in [2.05, 4.69) is 30.1 Å². The Morgan fingerprint density at radius 2 is 2.11 bits per heavy atom. The van der Waals surface area contributed by atoms with Gasteiger partial charge in [0.05, 0.1) is 10.2 Å². The van der Waals surface area contributed by atoms with Gasteiger partial charge in [-0.05, 0) is 36.8 Å². The average molecular weight is 270 g/mol. The van der Waals surface area contributed by atoms with Crippen LogP contribution in [0.1, 0.15) is 10.6 Å². The maximum Gasteiger partial charge on any atom is 0.140 e. The molecule has 4 heteroatoms. The van der Waals surface area contributed by atoms with E-state index >= 15 is 0 Å². The van der Waals surface area contributed by atoms with Crippen LogP contribution in [-0.2, 0) is 6.61 Å². The molecular formula is C15H14N2OS. The van der Waals surface area contributed by atoms with Crippen LogP contribution in [0.25, 0.3) is 10.2 Å². The zero-order valence-corrected chi connectivity index (χ0v) is 11.4. The SMILES string of the molecule is Cc1ccc2sc(COc3cccc(N)c3)nc2c1. The molecule has 0 radical (unpaired) electrons. The predicted octanol–water partition coefficient (Wildman–Crippen LogP) is 3.77. The molecule has 3 nitrogen and oxygen atoms in total. The molecule has 0 spiro atoms. The molecule has 0 aliphatic carbocycles. The summed E-state index contributed by atoms with van der Waals surface area (Å²) in [6, 6.07) is 13.7. The molecule has 0 aliphatic rings. The summed E-state index contributed by atoms with van der Waals surface area (Å²) in [6.45, 7) is 2.55. The maximum atomic E-state index is 5.71. The fourth-order valence-electron chi connectivity index (χ4n) is 1.90. The van der Waals surface area contributed by atoms with Gasteiger partial charge in [-0.25, -0.2) is 4.98 Å². The highest BCUT2D eigenvalue weighted by molar-refractivity contribution is 7.18. The second kappa shape index (κ2) is 4.90. The quantitative estimate of drug-likeness (QED) is 0.737. The van der Waals surface area contributed by atoms with E-state index < -0.39 is 0 Å². The molecule has 19 heavy (non-hydrogen) atoms. The van der Waals surface area contributed by atoms with Crippen LogP contribution in [0.3, 0.4) is 0 Å². The van der Waals surface area contributed by atoms with E-state index in [0.29, 0.717) is 12.3 Å². The molecule has 96 valence electrons. The largest absolute Gasteiger partial charge is 0.486 e. The first-order valence-corrected chi connectivity index (χ1v) is 6.87. The van der Waals surface area contributed by atoms with E-state index in [-0.39, 0.29) is 0 Å². The number of thiazole rings is 1. The number of hydrogen-bond donors (Lipinski definition) is 1. The van der Waals surface area contributed by atoms with Gasteiger partial charge in [-0.15, -0.1) is 11.3 Å². The van der Waals surface area contributed by atoms with Gasteiger partial charge < -0.3 is 10.5 Å². The summed E-state index contributed by atoms with van der Waals surface area (Å²) in [6.07, 6.45) is 0. The third-order valence-corrected chi connectivity index (χ3v) is 3.82. The van der Waals surface area contributed by atoms with Crippen LogP contribution in [0.15, 0.2) is 42.5 Å². The van der Waals surface area contributed by atoms with Crippen molar-refractivity contribution in [2.75, 3.05) is 5.73 Å². The first-order chi connectivity index (χ1) is 9.20. The van der Waals surface area contributed by atoms with Crippen LogP contribution >= 0.6 is 11.3 Å². The molecule has 1 aromatic heterocycles. The zero-order valence-electron chi connectivity index (χ0n) is 10.6. The number of ether oxygens (including phenoxy) is 1. The summed E-state index contributed by atoms with van der Waals surface area (Å²) in [4.78, 5) is 4.57. The summed E-state index contributed by atoms with van der Waals surface area (Å²) in [5.74, 6) is 0.774. The highest BCUT2D eigenvalue weighted by Crippen LogP contribution is 2.24. The van der Waals surface area contributed by atoms with E-state index in [9.17, 15) is 0 Å². The van der Waals surface area contributed by atoms with E-state index in [4.69, 9.17) is 10.5 Å². The molecule has 0 fully saturated rings. The minimum atomic E-state index is 0.474. The van der Waals surface area contributed by atoms with Crippen LogP contribution in [0.4, 0.5) is 5.69 Å². The van der Waals surface area contributed by atoms with Gasteiger partial charge in [0.1, 0.15) is 17.4 Å². The molecule has 3 aromatic rings. The number of nitrogen functional groups attached to an aromatic ring is 1. The van der Waals surface area contributed by atoms with E-state index in [1.165, 1.54) is 10.3 Å². The first-order valence-electron chi connectivity index (χ1n) is 6.05. The molecule has 0 saturated carbocycles. The highest BCUT2D eigenvalue weighted by atomic mass is 32.1. The molecule has 0 saturated heterocycles. The summed E-state index contributed by atoms with van der Waals surface area (Å²) in [7, 11) is 0. The Hall–Kier alpha value is -2.07. The third-order valence-electron chi connectivity index (χ3n) is 2.81. The molecule has 2 N–H and O–H groups in total. The van der Waals surface area contributed by atoms with Crippen molar-refractivity contribution in [3.63, 3.8) is 0 Å². The van der Waals surface area contributed by atoms with Crippen molar-refractivity contribution >= 4 is 27.2 Å². The van der Waals surface area contributed by atoms with Crippen LogP contribution in [0.5, 0.6) is 5.75 Å². The summed E-state index contributed by atoms with van der Waals surface area (Å²) in [5, 5.41) is 0.975. The third kappa shape index (κ3) is 2.69. The van der Waals surface area contributed by atoms with Gasteiger partial charge in [0.2, 0.25) is 0 Å². The Bertz CT molecular complexity index is 721. The number of fused-ring (bicyclic) bond motifs is 1. The van der Waals surface area contributed by atoms with Gasteiger partial charge in [-0.2, -0.15) is 0 Å². The number of aromatic nitrogens is 1. The van der Waals surface area contributed by atoms with Crippen molar-refractivity contribution in [2.24, 2.45) is 0 Å². The van der Waals surface area contributed by atoms with Crippen molar-refractivity contribution < 1.29 is 4.74 Å². The van der Waals surface area contributed by atoms with Crippen LogP contribution in [0.2, 0.25) is 0 Å². The average Bonchev–Trinajstić information content (AvgIpc) is 2.78. The Morgan fingerprint density at radius 1 is 1.21 bits per heavy atom. The fraction of sp³-hybridized carbons (Fsp3) is 0.133. The molecule has 0 bridgehead atoms. The monoisotopic (exact) mass is 270 g/mol. The van der Waals surface area contributed by atoms with Crippen molar-refractivity contribution in [3.8, 4) is 5.75 Å². The normalized spacial score (nSPS) is 10.8. The molecule has 0 amide bonds. The summed E-state index contributed by atoms with van der Waals surface area (Å²) in [5.41, 5.74) is 8.68. The maximum absolute atomic E-state index is 5.71. The first kappa shape index (κ1) is 12.0. The molecule has 3 rings (SSSR count). The Labute approximate surface area is 115 Å². The second-order valence-electron chi connectivity index (χ2n) is 4.44. The number of benzene rings is 2. The van der Waals surface area contributed by atoms with Crippen molar-refractivity contribution in [2.45, 2.75) is 13.5 Å². The van der Waals surface area contributed by atoms with E-state index in [1.807, 2.05) is 24.3 Å². The Morgan fingerprint density at radius 3 is 2.95 bits per heavy atom. The molecule has 1 heterocycles. The molecular weight excluding hydrogens is 256 g/mol. The van der Waals surface area contributed by atoms with Crippen molar-refractivity contribution in [1.82, 2.24) is 4.98 Å². The lowest BCUT2D eigenvalue weighted by atomic mass is 10.2. The van der Waals surface area contributed by atoms with E-state index in [1.54, 1.807) is 11.3 Å². The number of rotatable bonds is 3. The topological polar surface area (TPSA) is 48.1 Å². The van der Waals surface area contributed by atoms with Gasteiger partial charge in [0.25, 0.3) is 0 Å². The smallest absolute Gasteiger partial charge is 0.140 e. The standard InChI is InChI=1S/C15H14N2OS/c1-10-5-6-14-13(7-10)17-15(19-14)9-18-12-4-2-3-11(16)8-12/h2-8H,9,16H2,1H3. The number of nitrogens with zero attached hydrogens (tertiary/aromatic N) is 1. The lowest BCUT2D eigenvalue weighted by molar-refractivity contribution is 0.306. The number of aryl methyl sites for hydroxylation is 1. The second-order valence-corrected chi connectivity index (χ2v) is 5.56. The van der Waals surface area contributed by atoms with Gasteiger partial charge in [0.15, 0.2) is 0 Å². The van der Waals surface area contributed by atoms with Crippen LogP contribution < -0.4 is 10.5 Å². The summed E-state index contributed by atoms with van der Waals surface area (Å²) < 4.78 is 6.89. The lowest BCUT2D eigenvalue weighted by Crippen LogP contribution is -1.95. The van der Waals surface area contributed by atoms with Gasteiger partial charge in [0, 0.05) is 11.8 Å². The number of anilines is 1. The predicted molar refractivity (Wildman–Crippen MR) is 79.5 cm³/mol. The molecule has 0 aliphatic heterocycles. The minimum Gasteiger partial charge on any atom is -0.486 e. The van der Waals surface area contributed by atoms with Crippen LogP contribution in [-0.4, -0.2) is 4.98 Å². The molecule has 2 aromatic carbocycles. The number of nitrogens with two attached hydrogens (primary N) is 1. The Balaban J connectivity index is 1.78. The van der Waals surface area contributed by atoms with Gasteiger partial charge in [-0.1, -0.05) is 12.1 Å². The number of hydrogen-bond acceptors (Lipinski definition) is 4. The summed E-state index contributed by atoms with van der Waals surface area (Å²) >= 11 is 1.66.